The van der Waals surface area contributed by atoms with Gasteiger partial charge in [0.05, 0.1) is 17.4 Å². The molecule has 3 aliphatic rings. The van der Waals surface area contributed by atoms with E-state index in [-0.39, 0.29) is 5.91 Å². The van der Waals surface area contributed by atoms with Gasteiger partial charge in [0.2, 0.25) is 0 Å². The molecule has 0 bridgehead atoms. The minimum absolute atomic E-state index is 0.214. The van der Waals surface area contributed by atoms with Gasteiger partial charge in [0.15, 0.2) is 0 Å². The van der Waals surface area contributed by atoms with Gasteiger partial charge >= 0.3 is 5.84 Å². The molecular formula is C19H14N6O2. The van der Waals surface area contributed by atoms with E-state index in [1.165, 1.54) is 19.2 Å². The maximum atomic E-state index is 12.2. The van der Waals surface area contributed by atoms with E-state index in [1.807, 2.05) is 45.8 Å². The first kappa shape index (κ1) is 14.6. The van der Waals surface area contributed by atoms with Gasteiger partial charge in [-0.1, -0.05) is 12.2 Å². The molecule has 0 spiro atoms. The van der Waals surface area contributed by atoms with Gasteiger partial charge in [0.25, 0.3) is 5.91 Å². The van der Waals surface area contributed by atoms with E-state index in [1.54, 1.807) is 6.26 Å². The SMILES string of the molecule is O=C1N=CN=C2C=CC(c3c(-c4ccn(C5CC5)n4)nc4occn34)=CC12. The van der Waals surface area contributed by atoms with Crippen LogP contribution in [0.15, 0.2) is 57.4 Å². The molecule has 1 unspecified atom stereocenters. The normalized spacial score (nSPS) is 21.5. The summed E-state index contributed by atoms with van der Waals surface area (Å²) in [5.74, 6) is -0.193. The van der Waals surface area contributed by atoms with Crippen molar-refractivity contribution in [3.63, 3.8) is 0 Å². The number of fused-ring (bicyclic) bond motifs is 2. The van der Waals surface area contributed by atoms with Crippen molar-refractivity contribution in [1.82, 2.24) is 19.2 Å². The molecule has 0 radical (unpaired) electrons. The molecule has 8 heteroatoms. The molecule has 1 atom stereocenters. The largest absolute Gasteiger partial charge is 0.432 e. The number of hydrogen-bond acceptors (Lipinski definition) is 5. The molecule has 0 saturated heterocycles. The van der Waals surface area contributed by atoms with Gasteiger partial charge in [0, 0.05) is 12.4 Å². The summed E-state index contributed by atoms with van der Waals surface area (Å²) >= 11 is 0. The van der Waals surface area contributed by atoms with Crippen molar-refractivity contribution in [1.29, 1.82) is 0 Å². The molecule has 8 nitrogen and oxygen atoms in total. The lowest BCUT2D eigenvalue weighted by Crippen LogP contribution is -2.24. The third-order valence-corrected chi connectivity index (χ3v) is 5.06. The molecule has 1 amide bonds. The smallest absolute Gasteiger partial charge is 0.306 e. The highest BCUT2D eigenvalue weighted by molar-refractivity contribution is 6.20. The first-order valence-electron chi connectivity index (χ1n) is 8.83. The number of hydrogen-bond donors (Lipinski definition) is 0. The van der Waals surface area contributed by atoms with Crippen molar-refractivity contribution in [3.8, 4) is 11.4 Å². The standard InChI is InChI=1S/C19H14N6O2/c26-18-13-9-11(1-4-14(13)20-10-21-18)17-16(22-19-24(17)7-8-27-19)15-5-6-25(23-15)12-2-3-12/h1,4-10,12-13H,2-3H2. The summed E-state index contributed by atoms with van der Waals surface area (Å²) in [6, 6.07) is 2.47. The Morgan fingerprint density at radius 3 is 3.00 bits per heavy atom. The molecule has 1 fully saturated rings. The van der Waals surface area contributed by atoms with Gasteiger partial charge < -0.3 is 4.42 Å². The third-order valence-electron chi connectivity index (χ3n) is 5.06. The molecule has 3 aromatic rings. The van der Waals surface area contributed by atoms with E-state index < -0.39 is 5.92 Å². The third kappa shape index (κ3) is 2.19. The number of aliphatic imine (C=N–C) groups is 2. The van der Waals surface area contributed by atoms with Crippen LogP contribution in [0.3, 0.4) is 0 Å². The fourth-order valence-electron chi connectivity index (χ4n) is 3.56. The molecule has 1 saturated carbocycles. The minimum Gasteiger partial charge on any atom is -0.432 e. The molecule has 6 rings (SSSR count). The summed E-state index contributed by atoms with van der Waals surface area (Å²) < 4.78 is 9.37. The van der Waals surface area contributed by atoms with Crippen molar-refractivity contribution in [2.24, 2.45) is 15.9 Å². The summed E-state index contributed by atoms with van der Waals surface area (Å²) in [6.45, 7) is 0. The lowest BCUT2D eigenvalue weighted by atomic mass is 9.91. The Morgan fingerprint density at radius 1 is 1.19 bits per heavy atom. The molecule has 1 aliphatic heterocycles. The first-order chi connectivity index (χ1) is 13.3. The van der Waals surface area contributed by atoms with Gasteiger partial charge in [-0.3, -0.25) is 13.9 Å². The van der Waals surface area contributed by atoms with Crippen molar-refractivity contribution in [3.05, 3.63) is 48.6 Å². The molecule has 0 aromatic carbocycles. The van der Waals surface area contributed by atoms with E-state index in [9.17, 15) is 4.79 Å². The van der Waals surface area contributed by atoms with Gasteiger partial charge in [-0.15, -0.1) is 0 Å². The predicted molar refractivity (Wildman–Crippen MR) is 98.5 cm³/mol. The maximum Gasteiger partial charge on any atom is 0.306 e. The van der Waals surface area contributed by atoms with Crippen LogP contribution in [0.1, 0.15) is 24.6 Å². The van der Waals surface area contributed by atoms with Gasteiger partial charge in [-0.25, -0.2) is 9.98 Å². The topological polar surface area (TPSA) is 90.0 Å². The Morgan fingerprint density at radius 2 is 2.11 bits per heavy atom. The number of nitrogens with zero attached hydrogens (tertiary/aromatic N) is 6. The van der Waals surface area contributed by atoms with Crippen LogP contribution in [0.25, 0.3) is 22.8 Å². The lowest BCUT2D eigenvalue weighted by Gasteiger charge is -2.17. The molecular weight excluding hydrogens is 344 g/mol. The average molecular weight is 358 g/mol. The average Bonchev–Trinajstić information content (AvgIpc) is 3.09. The number of carbonyl (C=O) groups is 1. The number of carbonyl (C=O) groups excluding carboxylic acids is 1. The Labute approximate surface area is 153 Å². The van der Waals surface area contributed by atoms with Crippen LogP contribution >= 0.6 is 0 Å². The van der Waals surface area contributed by atoms with Crippen molar-refractivity contribution in [2.75, 3.05) is 0 Å². The van der Waals surface area contributed by atoms with Gasteiger partial charge in [-0.2, -0.15) is 10.1 Å². The van der Waals surface area contributed by atoms with E-state index in [2.05, 4.69) is 15.0 Å². The summed E-state index contributed by atoms with van der Waals surface area (Å²) in [5, 5.41) is 4.70. The molecule has 3 aromatic heterocycles. The van der Waals surface area contributed by atoms with Crippen LogP contribution in [-0.4, -0.2) is 37.1 Å². The van der Waals surface area contributed by atoms with Crippen LogP contribution in [0.2, 0.25) is 0 Å². The maximum absolute atomic E-state index is 12.2. The molecule has 2 aliphatic carbocycles. The van der Waals surface area contributed by atoms with Crippen molar-refractivity contribution < 1.29 is 9.21 Å². The quantitative estimate of drug-likeness (QED) is 0.720. The number of rotatable bonds is 3. The second-order valence-electron chi connectivity index (χ2n) is 6.85. The van der Waals surface area contributed by atoms with Crippen LogP contribution in [0.5, 0.6) is 0 Å². The van der Waals surface area contributed by atoms with Crippen molar-refractivity contribution in [2.45, 2.75) is 18.9 Å². The molecule has 4 heterocycles. The van der Waals surface area contributed by atoms with Crippen LogP contribution in [-0.2, 0) is 4.79 Å². The zero-order valence-electron chi connectivity index (χ0n) is 14.2. The summed E-state index contributed by atoms with van der Waals surface area (Å²) in [7, 11) is 0. The first-order valence-corrected chi connectivity index (χ1v) is 8.83. The Bertz CT molecular complexity index is 1210. The number of oxazole rings is 1. The monoisotopic (exact) mass is 358 g/mol. The molecule has 27 heavy (non-hydrogen) atoms. The number of aromatic nitrogens is 4. The fraction of sp³-hybridized carbons (Fsp3) is 0.211. The second kappa shape index (κ2) is 5.23. The van der Waals surface area contributed by atoms with Gasteiger partial charge in [0.1, 0.15) is 29.9 Å². The zero-order chi connectivity index (χ0) is 18.0. The van der Waals surface area contributed by atoms with Crippen LogP contribution in [0.4, 0.5) is 0 Å². The number of amides is 1. The van der Waals surface area contributed by atoms with Gasteiger partial charge in [-0.05, 0) is 30.6 Å². The van der Waals surface area contributed by atoms with Crippen LogP contribution in [0, 0.1) is 5.92 Å². The summed E-state index contributed by atoms with van der Waals surface area (Å²) in [4.78, 5) is 24.8. The second-order valence-corrected chi connectivity index (χ2v) is 6.85. The number of allylic oxidation sites excluding steroid dienone is 3. The van der Waals surface area contributed by atoms with E-state index in [0.29, 0.717) is 17.6 Å². The van der Waals surface area contributed by atoms with Crippen LogP contribution < -0.4 is 0 Å². The van der Waals surface area contributed by atoms with E-state index >= 15 is 0 Å². The predicted octanol–water partition coefficient (Wildman–Crippen LogP) is 2.70. The Kier molecular flexibility index (Phi) is 2.83. The minimum atomic E-state index is -0.468. The summed E-state index contributed by atoms with van der Waals surface area (Å²) in [5.41, 5.74) is 3.94. The zero-order valence-corrected chi connectivity index (χ0v) is 14.2. The lowest BCUT2D eigenvalue weighted by molar-refractivity contribution is -0.118. The molecule has 132 valence electrons. The highest BCUT2D eigenvalue weighted by Crippen LogP contribution is 2.37. The highest BCUT2D eigenvalue weighted by atomic mass is 16.3. The molecule has 0 N–H and O–H groups in total. The number of imidazole rings is 1. The fourth-order valence-corrected chi connectivity index (χ4v) is 3.56. The van der Waals surface area contributed by atoms with E-state index in [0.717, 1.165) is 22.7 Å². The Balaban J connectivity index is 1.51. The van der Waals surface area contributed by atoms with Crippen molar-refractivity contribution >= 4 is 29.4 Å². The van der Waals surface area contributed by atoms with E-state index in [4.69, 9.17) is 9.52 Å². The highest BCUT2D eigenvalue weighted by Gasteiger charge is 2.29. The Hall–Kier alpha value is -3.55. The summed E-state index contributed by atoms with van der Waals surface area (Å²) in [6.07, 6.45) is 14.7.